The second-order valence-corrected chi connectivity index (χ2v) is 10.1. The molecule has 4 rings (SSSR count). The molecule has 0 aliphatic carbocycles. The molecule has 0 aromatic heterocycles. The van der Waals surface area contributed by atoms with Crippen molar-refractivity contribution in [2.45, 2.75) is 27.2 Å². The molecule has 31 heavy (non-hydrogen) atoms. The van der Waals surface area contributed by atoms with Crippen LogP contribution in [0.2, 0.25) is 0 Å². The highest BCUT2D eigenvalue weighted by atomic mass is 32.2. The lowest BCUT2D eigenvalue weighted by Crippen LogP contribution is -2.18. The standard InChI is InChI=1S/C26H31N2O2S/c1-27(2)20-9-13-23(14-10-20)31(24-15-11-21(12-16-24)28(3)4)26-8-6-5-7-25(26)30-22-17-18-29-19-22/h5-16,22H,17-19H2,1-4H3/q+1. The van der Waals surface area contributed by atoms with Crippen LogP contribution in [-0.4, -0.2) is 47.5 Å². The first-order chi connectivity index (χ1) is 15.0. The summed E-state index contributed by atoms with van der Waals surface area (Å²) in [5.41, 5.74) is 2.39. The average Bonchev–Trinajstić information content (AvgIpc) is 3.29. The summed E-state index contributed by atoms with van der Waals surface area (Å²) in [5, 5.41) is 0. The fourth-order valence-electron chi connectivity index (χ4n) is 3.65. The Bertz CT molecular complexity index is 930. The molecule has 0 radical (unpaired) electrons. The highest BCUT2D eigenvalue weighted by molar-refractivity contribution is 7.97. The molecule has 1 aliphatic heterocycles. The minimum Gasteiger partial charge on any atom is -0.483 e. The number of benzene rings is 3. The molecule has 162 valence electrons. The van der Waals surface area contributed by atoms with E-state index >= 15 is 0 Å². The van der Waals surface area contributed by atoms with Crippen LogP contribution in [0, 0.1) is 0 Å². The van der Waals surface area contributed by atoms with Gasteiger partial charge in [-0.05, 0) is 60.7 Å². The van der Waals surface area contributed by atoms with E-state index in [0.29, 0.717) is 6.61 Å². The zero-order valence-corrected chi connectivity index (χ0v) is 19.6. The van der Waals surface area contributed by atoms with Gasteiger partial charge in [0.25, 0.3) is 0 Å². The maximum absolute atomic E-state index is 6.42. The number of nitrogens with zero attached hydrogens (tertiary/aromatic N) is 2. The van der Waals surface area contributed by atoms with E-state index in [2.05, 4.69) is 111 Å². The molecule has 4 nitrogen and oxygen atoms in total. The molecule has 1 heterocycles. The topological polar surface area (TPSA) is 24.9 Å². The Balaban J connectivity index is 1.77. The van der Waals surface area contributed by atoms with Gasteiger partial charge < -0.3 is 19.3 Å². The summed E-state index contributed by atoms with van der Waals surface area (Å²) in [5.74, 6) is 0.953. The minimum atomic E-state index is -0.272. The lowest BCUT2D eigenvalue weighted by Gasteiger charge is -2.17. The van der Waals surface area contributed by atoms with Crippen LogP contribution in [-0.2, 0) is 15.6 Å². The molecule has 0 amide bonds. The number of para-hydroxylation sites is 1. The van der Waals surface area contributed by atoms with Crippen molar-refractivity contribution in [1.29, 1.82) is 0 Å². The Hall–Kier alpha value is -2.63. The van der Waals surface area contributed by atoms with E-state index in [0.717, 1.165) is 18.8 Å². The molecule has 1 aliphatic rings. The summed E-state index contributed by atoms with van der Waals surface area (Å²) in [7, 11) is 8.01. The van der Waals surface area contributed by atoms with Gasteiger partial charge in [0.15, 0.2) is 15.5 Å². The van der Waals surface area contributed by atoms with Gasteiger partial charge in [0.1, 0.15) is 17.0 Å². The van der Waals surface area contributed by atoms with Crippen molar-refractivity contribution >= 4 is 22.3 Å². The highest BCUT2D eigenvalue weighted by Crippen LogP contribution is 2.38. The fourth-order valence-corrected chi connectivity index (χ4v) is 5.78. The first-order valence-corrected chi connectivity index (χ1v) is 11.9. The van der Waals surface area contributed by atoms with Gasteiger partial charge in [0.05, 0.1) is 13.2 Å². The van der Waals surface area contributed by atoms with Crippen LogP contribution in [0.5, 0.6) is 5.75 Å². The smallest absolute Gasteiger partial charge is 0.208 e. The number of hydrogen-bond donors (Lipinski definition) is 0. The molecule has 5 heteroatoms. The monoisotopic (exact) mass is 435 g/mol. The molecule has 3 aromatic rings. The Labute approximate surface area is 188 Å². The number of hydrogen-bond acceptors (Lipinski definition) is 4. The molecule has 3 aromatic carbocycles. The normalized spacial score (nSPS) is 15.8. The number of ether oxygens (including phenoxy) is 2. The summed E-state index contributed by atoms with van der Waals surface area (Å²) in [6.07, 6.45) is 1.07. The third-order valence-electron chi connectivity index (χ3n) is 5.43. The van der Waals surface area contributed by atoms with Crippen molar-refractivity contribution in [2.24, 2.45) is 0 Å². The van der Waals surface area contributed by atoms with E-state index in [1.54, 1.807) is 0 Å². The number of anilines is 2. The molecule has 1 unspecified atom stereocenters. The number of rotatable bonds is 7. The van der Waals surface area contributed by atoms with E-state index in [1.807, 2.05) is 0 Å². The van der Waals surface area contributed by atoms with Gasteiger partial charge >= 0.3 is 0 Å². The van der Waals surface area contributed by atoms with E-state index in [4.69, 9.17) is 9.47 Å². The summed E-state index contributed by atoms with van der Waals surface area (Å²) < 4.78 is 12.0. The van der Waals surface area contributed by atoms with E-state index in [1.165, 1.54) is 26.1 Å². The first-order valence-electron chi connectivity index (χ1n) is 10.7. The molecule has 1 saturated heterocycles. The Morgan fingerprint density at radius 1 is 0.774 bits per heavy atom. The average molecular weight is 436 g/mol. The van der Waals surface area contributed by atoms with Crippen LogP contribution in [0.3, 0.4) is 0 Å². The molecular weight excluding hydrogens is 404 g/mol. The summed E-state index contributed by atoms with van der Waals surface area (Å²) in [6.45, 7) is 1.44. The van der Waals surface area contributed by atoms with E-state index < -0.39 is 0 Å². The van der Waals surface area contributed by atoms with E-state index in [-0.39, 0.29) is 17.0 Å². The third-order valence-corrected chi connectivity index (χ3v) is 7.69. The molecule has 1 fully saturated rings. The van der Waals surface area contributed by atoms with Crippen molar-refractivity contribution in [3.05, 3.63) is 72.8 Å². The predicted octanol–water partition coefficient (Wildman–Crippen LogP) is 5.08. The lowest BCUT2D eigenvalue weighted by molar-refractivity contribution is 0.139. The first kappa shape index (κ1) is 21.6. The summed E-state index contributed by atoms with van der Waals surface area (Å²) >= 11 is 0. The molecule has 0 N–H and O–H groups in total. The van der Waals surface area contributed by atoms with Gasteiger partial charge in [-0.15, -0.1) is 0 Å². The summed E-state index contributed by atoms with van der Waals surface area (Å²) in [4.78, 5) is 8.03. The second kappa shape index (κ2) is 9.67. The SMILES string of the molecule is CN(C)c1ccc([S+](c2ccc(N(C)C)cc2)c2ccccc2OC2CCOC2)cc1. The molecule has 0 spiro atoms. The van der Waals surface area contributed by atoms with Crippen molar-refractivity contribution in [3.63, 3.8) is 0 Å². The lowest BCUT2D eigenvalue weighted by atomic mass is 10.3. The van der Waals surface area contributed by atoms with E-state index in [9.17, 15) is 0 Å². The molecule has 0 bridgehead atoms. The second-order valence-electron chi connectivity index (χ2n) is 8.13. The van der Waals surface area contributed by atoms with Gasteiger partial charge in [0.2, 0.25) is 4.90 Å². The molecule has 1 atom stereocenters. The minimum absolute atomic E-state index is 0.124. The van der Waals surface area contributed by atoms with Crippen molar-refractivity contribution in [1.82, 2.24) is 0 Å². The zero-order chi connectivity index (χ0) is 21.8. The Morgan fingerprint density at radius 2 is 1.32 bits per heavy atom. The maximum atomic E-state index is 6.42. The third kappa shape index (κ3) is 5.00. The fraction of sp³-hybridized carbons (Fsp3) is 0.308. The maximum Gasteiger partial charge on any atom is 0.208 e. The van der Waals surface area contributed by atoms with Gasteiger partial charge in [-0.1, -0.05) is 12.1 Å². The van der Waals surface area contributed by atoms with Gasteiger partial charge in [-0.2, -0.15) is 0 Å². The largest absolute Gasteiger partial charge is 0.483 e. The van der Waals surface area contributed by atoms with Crippen molar-refractivity contribution in [2.75, 3.05) is 51.2 Å². The van der Waals surface area contributed by atoms with Crippen LogP contribution >= 0.6 is 0 Å². The summed E-state index contributed by atoms with van der Waals surface area (Å²) in [6, 6.07) is 26.2. The van der Waals surface area contributed by atoms with Crippen LogP contribution in [0.15, 0.2) is 87.5 Å². The molecular formula is C26H31N2O2S+. The van der Waals surface area contributed by atoms with Crippen molar-refractivity contribution < 1.29 is 9.47 Å². The van der Waals surface area contributed by atoms with Crippen LogP contribution < -0.4 is 14.5 Å². The Morgan fingerprint density at radius 3 is 1.81 bits per heavy atom. The van der Waals surface area contributed by atoms with Crippen LogP contribution in [0.1, 0.15) is 6.42 Å². The van der Waals surface area contributed by atoms with Crippen molar-refractivity contribution in [3.8, 4) is 5.75 Å². The predicted molar refractivity (Wildman–Crippen MR) is 130 cm³/mol. The Kier molecular flexibility index (Phi) is 6.73. The highest BCUT2D eigenvalue weighted by Gasteiger charge is 2.33. The zero-order valence-electron chi connectivity index (χ0n) is 18.7. The van der Waals surface area contributed by atoms with Gasteiger partial charge in [-0.3, -0.25) is 0 Å². The quantitative estimate of drug-likeness (QED) is 0.483. The molecule has 0 saturated carbocycles. The van der Waals surface area contributed by atoms with Crippen LogP contribution in [0.25, 0.3) is 0 Å². The van der Waals surface area contributed by atoms with Gasteiger partial charge in [-0.25, -0.2) is 0 Å². The van der Waals surface area contributed by atoms with Crippen LogP contribution in [0.4, 0.5) is 11.4 Å². The van der Waals surface area contributed by atoms with Gasteiger partial charge in [0, 0.05) is 46.0 Å².